The fourth-order valence-corrected chi connectivity index (χ4v) is 2.80. The van der Waals surface area contributed by atoms with Crippen molar-refractivity contribution in [2.75, 3.05) is 16.4 Å². The third-order valence-electron chi connectivity index (χ3n) is 4.26. The number of carbonyl (C=O) groups excluding carboxylic acids is 1. The molecule has 0 bridgehead atoms. The molecule has 4 N–H and O–H groups in total. The summed E-state index contributed by atoms with van der Waals surface area (Å²) in [5.74, 6) is -0.425. The van der Waals surface area contributed by atoms with Crippen molar-refractivity contribution >= 4 is 28.6 Å². The van der Waals surface area contributed by atoms with Gasteiger partial charge >= 0.3 is 0 Å². The number of halogens is 1. The van der Waals surface area contributed by atoms with Gasteiger partial charge in [0, 0.05) is 35.7 Å². The van der Waals surface area contributed by atoms with Gasteiger partial charge in [-0.25, -0.2) is 14.4 Å². The molecule has 3 heterocycles. The van der Waals surface area contributed by atoms with E-state index in [1.807, 2.05) is 22.7 Å². The van der Waals surface area contributed by atoms with Gasteiger partial charge in [-0.15, -0.1) is 0 Å². The zero-order valence-electron chi connectivity index (χ0n) is 14.8. The standard InChI is InChI=1S/C20H17FN6O/c21-16-6-5-14(9-13(16)11-24-17-4-1-7-23-19(17)22)26-20(28)18-10-15-3-2-8-27(15)12-25-18/h1-10,12,24H,11H2,(H2,22,23)(H,26,28). The lowest BCUT2D eigenvalue weighted by Gasteiger charge is -2.11. The monoisotopic (exact) mass is 376 g/mol. The SMILES string of the molecule is Nc1ncccc1NCc1cc(NC(=O)c2cc3cccn3cn2)ccc1F. The van der Waals surface area contributed by atoms with Crippen LogP contribution < -0.4 is 16.4 Å². The number of pyridine rings is 1. The third-order valence-corrected chi connectivity index (χ3v) is 4.26. The lowest BCUT2D eigenvalue weighted by atomic mass is 10.1. The number of fused-ring (bicyclic) bond motifs is 1. The number of anilines is 3. The molecule has 4 aromatic rings. The topological polar surface area (TPSA) is 97.3 Å². The molecule has 0 aliphatic rings. The van der Waals surface area contributed by atoms with Gasteiger partial charge in [-0.2, -0.15) is 0 Å². The van der Waals surface area contributed by atoms with Crippen molar-refractivity contribution in [3.05, 3.63) is 84.3 Å². The first-order chi connectivity index (χ1) is 13.6. The van der Waals surface area contributed by atoms with Gasteiger partial charge in [-0.1, -0.05) is 0 Å². The maximum Gasteiger partial charge on any atom is 0.274 e. The first-order valence-corrected chi connectivity index (χ1v) is 8.57. The second-order valence-corrected chi connectivity index (χ2v) is 6.16. The minimum absolute atomic E-state index is 0.194. The highest BCUT2D eigenvalue weighted by Gasteiger charge is 2.11. The van der Waals surface area contributed by atoms with E-state index in [0.717, 1.165) is 5.52 Å². The Morgan fingerprint density at radius 1 is 1.14 bits per heavy atom. The van der Waals surface area contributed by atoms with E-state index in [0.29, 0.717) is 22.8 Å². The zero-order valence-corrected chi connectivity index (χ0v) is 14.8. The average Bonchev–Trinajstić information content (AvgIpc) is 3.17. The fraction of sp³-hybridized carbons (Fsp3) is 0.0500. The van der Waals surface area contributed by atoms with E-state index in [1.54, 1.807) is 36.8 Å². The Hall–Kier alpha value is -3.94. The molecule has 0 fully saturated rings. The third kappa shape index (κ3) is 3.61. The summed E-state index contributed by atoms with van der Waals surface area (Å²) in [6.07, 6.45) is 5.00. The smallest absolute Gasteiger partial charge is 0.274 e. The number of rotatable bonds is 5. The average molecular weight is 376 g/mol. The zero-order chi connectivity index (χ0) is 19.5. The lowest BCUT2D eigenvalue weighted by Crippen LogP contribution is -2.14. The molecule has 0 spiro atoms. The van der Waals surface area contributed by atoms with E-state index in [-0.39, 0.29) is 24.0 Å². The van der Waals surface area contributed by atoms with Gasteiger partial charge < -0.3 is 20.8 Å². The molecule has 0 aliphatic heterocycles. The van der Waals surface area contributed by atoms with Crippen molar-refractivity contribution in [2.24, 2.45) is 0 Å². The van der Waals surface area contributed by atoms with E-state index >= 15 is 0 Å². The molecule has 0 saturated heterocycles. The molecule has 4 rings (SSSR count). The van der Waals surface area contributed by atoms with E-state index in [2.05, 4.69) is 20.6 Å². The number of hydrogen-bond acceptors (Lipinski definition) is 5. The quantitative estimate of drug-likeness (QED) is 0.496. The van der Waals surface area contributed by atoms with Crippen LogP contribution in [0.2, 0.25) is 0 Å². The van der Waals surface area contributed by atoms with Crippen LogP contribution in [0.3, 0.4) is 0 Å². The second kappa shape index (κ2) is 7.36. The summed E-state index contributed by atoms with van der Waals surface area (Å²) in [5, 5.41) is 5.79. The molecule has 0 unspecified atom stereocenters. The molecule has 28 heavy (non-hydrogen) atoms. The van der Waals surface area contributed by atoms with E-state index in [1.165, 1.54) is 12.1 Å². The highest BCUT2D eigenvalue weighted by molar-refractivity contribution is 6.03. The molecule has 8 heteroatoms. The molecular weight excluding hydrogens is 359 g/mol. The summed E-state index contributed by atoms with van der Waals surface area (Å²) in [4.78, 5) is 20.6. The Bertz CT molecular complexity index is 1160. The summed E-state index contributed by atoms with van der Waals surface area (Å²) in [7, 11) is 0. The van der Waals surface area contributed by atoms with Crippen molar-refractivity contribution in [1.29, 1.82) is 0 Å². The minimum Gasteiger partial charge on any atom is -0.382 e. The van der Waals surface area contributed by atoms with Crippen LogP contribution in [0.15, 0.2) is 67.3 Å². The van der Waals surface area contributed by atoms with Crippen LogP contribution >= 0.6 is 0 Å². The summed E-state index contributed by atoms with van der Waals surface area (Å²) in [6, 6.07) is 13.3. The number of nitrogens with zero attached hydrogens (tertiary/aromatic N) is 3. The highest BCUT2D eigenvalue weighted by atomic mass is 19.1. The first kappa shape index (κ1) is 17.5. The number of hydrogen-bond donors (Lipinski definition) is 3. The van der Waals surface area contributed by atoms with Crippen LogP contribution in [-0.4, -0.2) is 20.3 Å². The first-order valence-electron chi connectivity index (χ1n) is 8.57. The van der Waals surface area contributed by atoms with Gasteiger partial charge in [0.15, 0.2) is 0 Å². The number of nitrogens with two attached hydrogens (primary N) is 1. The van der Waals surface area contributed by atoms with E-state index < -0.39 is 0 Å². The Labute approximate surface area is 160 Å². The van der Waals surface area contributed by atoms with Crippen molar-refractivity contribution in [1.82, 2.24) is 14.4 Å². The van der Waals surface area contributed by atoms with Crippen LogP contribution in [0.25, 0.3) is 5.52 Å². The van der Waals surface area contributed by atoms with Crippen LogP contribution in [0.5, 0.6) is 0 Å². The van der Waals surface area contributed by atoms with E-state index in [4.69, 9.17) is 5.73 Å². The van der Waals surface area contributed by atoms with Crippen molar-refractivity contribution in [3.63, 3.8) is 0 Å². The van der Waals surface area contributed by atoms with Gasteiger partial charge in [-0.3, -0.25) is 4.79 Å². The minimum atomic E-state index is -0.388. The number of aromatic nitrogens is 3. The van der Waals surface area contributed by atoms with Gasteiger partial charge in [0.1, 0.15) is 17.3 Å². The molecular formula is C20H17FN6O. The highest BCUT2D eigenvalue weighted by Crippen LogP contribution is 2.19. The van der Waals surface area contributed by atoms with Crippen LogP contribution in [0.4, 0.5) is 21.6 Å². The van der Waals surface area contributed by atoms with E-state index in [9.17, 15) is 9.18 Å². The lowest BCUT2D eigenvalue weighted by molar-refractivity contribution is 0.102. The maximum atomic E-state index is 14.2. The predicted octanol–water partition coefficient (Wildman–Crippen LogP) is 3.32. The van der Waals surface area contributed by atoms with Gasteiger partial charge in [-0.05, 0) is 48.5 Å². The molecule has 0 radical (unpaired) electrons. The van der Waals surface area contributed by atoms with Gasteiger partial charge in [0.2, 0.25) is 0 Å². The van der Waals surface area contributed by atoms with Crippen LogP contribution in [0.1, 0.15) is 16.1 Å². The van der Waals surface area contributed by atoms with Crippen molar-refractivity contribution < 1.29 is 9.18 Å². The summed E-state index contributed by atoms with van der Waals surface area (Å²) in [6.45, 7) is 0.194. The molecule has 140 valence electrons. The molecule has 0 aliphatic carbocycles. The normalized spacial score (nSPS) is 10.8. The number of amides is 1. The van der Waals surface area contributed by atoms with Crippen LogP contribution in [0, 0.1) is 5.82 Å². The van der Waals surface area contributed by atoms with Gasteiger partial charge in [0.25, 0.3) is 5.91 Å². The van der Waals surface area contributed by atoms with Crippen molar-refractivity contribution in [3.8, 4) is 0 Å². The number of nitrogens with one attached hydrogen (secondary N) is 2. The van der Waals surface area contributed by atoms with Crippen molar-refractivity contribution in [2.45, 2.75) is 6.54 Å². The molecule has 0 atom stereocenters. The Balaban J connectivity index is 1.49. The molecule has 0 saturated carbocycles. The molecule has 7 nitrogen and oxygen atoms in total. The number of nitrogen functional groups attached to an aromatic ring is 1. The summed E-state index contributed by atoms with van der Waals surface area (Å²) < 4.78 is 16.0. The number of carbonyl (C=O) groups is 1. The molecule has 3 aromatic heterocycles. The second-order valence-electron chi connectivity index (χ2n) is 6.16. The maximum absolute atomic E-state index is 14.2. The Morgan fingerprint density at radius 3 is 2.89 bits per heavy atom. The Morgan fingerprint density at radius 2 is 2.04 bits per heavy atom. The number of benzene rings is 1. The largest absolute Gasteiger partial charge is 0.382 e. The molecule has 1 aromatic carbocycles. The Kier molecular flexibility index (Phi) is 4.59. The van der Waals surface area contributed by atoms with Gasteiger partial charge in [0.05, 0.1) is 12.0 Å². The summed E-state index contributed by atoms with van der Waals surface area (Å²) >= 11 is 0. The summed E-state index contributed by atoms with van der Waals surface area (Å²) in [5.41, 5.74) is 8.39. The fourth-order valence-electron chi connectivity index (χ4n) is 2.80. The predicted molar refractivity (Wildman–Crippen MR) is 106 cm³/mol. The molecule has 1 amide bonds. The van der Waals surface area contributed by atoms with Crippen LogP contribution in [-0.2, 0) is 6.54 Å².